The molecule has 1 atom stereocenters. The Morgan fingerprint density at radius 3 is 2.39 bits per heavy atom. The van der Waals surface area contributed by atoms with Crippen molar-refractivity contribution in [3.63, 3.8) is 0 Å². The van der Waals surface area contributed by atoms with Crippen molar-refractivity contribution < 1.29 is 20.1 Å². The van der Waals surface area contributed by atoms with Crippen LogP contribution in [0, 0.1) is 0 Å². The van der Waals surface area contributed by atoms with E-state index in [2.05, 4.69) is 6.92 Å². The van der Waals surface area contributed by atoms with E-state index >= 15 is 0 Å². The first-order chi connectivity index (χ1) is 8.65. The molecule has 0 aromatic rings. The van der Waals surface area contributed by atoms with Crippen LogP contribution in [0.1, 0.15) is 45.4 Å². The topological polar surface area (TPSA) is 81.0 Å². The Morgan fingerprint density at radius 1 is 1.17 bits per heavy atom. The molecule has 18 heavy (non-hydrogen) atoms. The molecule has 0 aromatic carbocycles. The summed E-state index contributed by atoms with van der Waals surface area (Å²) in [5.41, 5.74) is 0. The zero-order chi connectivity index (χ0) is 13.8. The summed E-state index contributed by atoms with van der Waals surface area (Å²) in [4.78, 5) is 13.3. The van der Waals surface area contributed by atoms with Gasteiger partial charge in [0.05, 0.1) is 19.3 Å². The summed E-state index contributed by atoms with van der Waals surface area (Å²) in [5.74, 6) is -0.0620. The van der Waals surface area contributed by atoms with Gasteiger partial charge in [-0.2, -0.15) is 0 Å². The molecule has 0 fully saturated rings. The Labute approximate surface area is 109 Å². The number of rotatable bonds is 11. The molecule has 0 radical (unpaired) electrons. The first kappa shape index (κ1) is 17.4. The van der Waals surface area contributed by atoms with Gasteiger partial charge in [-0.1, -0.05) is 32.6 Å². The molecule has 0 heterocycles. The van der Waals surface area contributed by atoms with Crippen molar-refractivity contribution in [1.82, 2.24) is 4.90 Å². The number of aliphatic hydroxyl groups is 3. The van der Waals surface area contributed by atoms with Crippen LogP contribution in [-0.4, -0.2) is 58.5 Å². The maximum absolute atomic E-state index is 11.8. The Bertz CT molecular complexity index is 211. The van der Waals surface area contributed by atoms with Crippen molar-refractivity contribution in [2.24, 2.45) is 0 Å². The van der Waals surface area contributed by atoms with Crippen molar-refractivity contribution in [1.29, 1.82) is 0 Å². The average molecular weight is 261 g/mol. The molecule has 1 amide bonds. The smallest absolute Gasteiger partial charge is 0.222 e. The lowest BCUT2D eigenvalue weighted by Gasteiger charge is -2.23. The molecule has 0 saturated carbocycles. The lowest BCUT2D eigenvalue weighted by atomic mass is 10.1. The van der Waals surface area contributed by atoms with E-state index in [9.17, 15) is 9.90 Å². The van der Waals surface area contributed by atoms with Gasteiger partial charge in [0.1, 0.15) is 0 Å². The fourth-order valence-corrected chi connectivity index (χ4v) is 1.79. The van der Waals surface area contributed by atoms with Gasteiger partial charge in [0.2, 0.25) is 5.91 Å². The summed E-state index contributed by atoms with van der Waals surface area (Å²) in [6, 6.07) is 0. The van der Waals surface area contributed by atoms with Crippen LogP contribution in [0.3, 0.4) is 0 Å². The Kier molecular flexibility index (Phi) is 11.0. The molecule has 0 aliphatic heterocycles. The fraction of sp³-hybridized carbons (Fsp3) is 0.923. The third-order valence-electron chi connectivity index (χ3n) is 2.86. The van der Waals surface area contributed by atoms with E-state index in [1.165, 1.54) is 17.7 Å². The first-order valence-electron chi connectivity index (χ1n) is 6.83. The van der Waals surface area contributed by atoms with E-state index in [1.807, 2.05) is 0 Å². The van der Waals surface area contributed by atoms with Crippen LogP contribution >= 0.6 is 0 Å². The molecule has 0 bridgehead atoms. The van der Waals surface area contributed by atoms with Gasteiger partial charge in [-0.3, -0.25) is 4.79 Å². The summed E-state index contributed by atoms with van der Waals surface area (Å²) in [6.07, 6.45) is 4.90. The third kappa shape index (κ3) is 8.44. The highest BCUT2D eigenvalue weighted by Crippen LogP contribution is 2.07. The highest BCUT2D eigenvalue weighted by molar-refractivity contribution is 5.76. The quantitative estimate of drug-likeness (QED) is 0.474. The third-order valence-corrected chi connectivity index (χ3v) is 2.86. The predicted octanol–water partition coefficient (Wildman–Crippen LogP) is 0.521. The number of hydrogen-bond donors (Lipinski definition) is 3. The van der Waals surface area contributed by atoms with Crippen LogP contribution in [-0.2, 0) is 4.79 Å². The summed E-state index contributed by atoms with van der Waals surface area (Å²) in [5, 5.41) is 27.0. The largest absolute Gasteiger partial charge is 0.395 e. The minimum absolute atomic E-state index is 0.0620. The van der Waals surface area contributed by atoms with Gasteiger partial charge < -0.3 is 20.2 Å². The van der Waals surface area contributed by atoms with Crippen molar-refractivity contribution in [3.05, 3.63) is 0 Å². The van der Waals surface area contributed by atoms with Gasteiger partial charge in [-0.25, -0.2) is 0 Å². The standard InChI is InChI=1S/C13H27NO4/c1-2-3-4-5-6-7-13(18)14(8-9-15)10-12(17)11-16/h12,15-17H,2-11H2,1H3/t12-/m1/s1. The molecule has 0 saturated heterocycles. The van der Waals surface area contributed by atoms with E-state index in [0.29, 0.717) is 6.42 Å². The summed E-state index contributed by atoms with van der Waals surface area (Å²) >= 11 is 0. The SMILES string of the molecule is CCCCCCCC(=O)N(CCO)C[C@@H](O)CO. The number of unbranched alkanes of at least 4 members (excludes halogenated alkanes) is 4. The molecule has 0 rings (SSSR count). The summed E-state index contributed by atoms with van der Waals surface area (Å²) in [6.45, 7) is 1.95. The van der Waals surface area contributed by atoms with Crippen LogP contribution in [0.15, 0.2) is 0 Å². The molecule has 0 aromatic heterocycles. The normalized spacial score (nSPS) is 12.4. The lowest BCUT2D eigenvalue weighted by Crippen LogP contribution is -2.40. The Morgan fingerprint density at radius 2 is 1.83 bits per heavy atom. The van der Waals surface area contributed by atoms with Gasteiger partial charge in [-0.05, 0) is 6.42 Å². The second kappa shape index (κ2) is 11.4. The van der Waals surface area contributed by atoms with E-state index < -0.39 is 6.10 Å². The number of carbonyl (C=O) groups excluding carboxylic acids is 1. The molecule has 3 N–H and O–H groups in total. The lowest BCUT2D eigenvalue weighted by molar-refractivity contribution is -0.133. The maximum atomic E-state index is 11.8. The maximum Gasteiger partial charge on any atom is 0.222 e. The van der Waals surface area contributed by atoms with Crippen LogP contribution in [0.5, 0.6) is 0 Å². The van der Waals surface area contributed by atoms with Gasteiger partial charge in [-0.15, -0.1) is 0 Å². The fourth-order valence-electron chi connectivity index (χ4n) is 1.79. The van der Waals surface area contributed by atoms with E-state index in [1.54, 1.807) is 0 Å². The molecule has 0 aliphatic carbocycles. The minimum atomic E-state index is -0.930. The number of nitrogens with zero attached hydrogens (tertiary/aromatic N) is 1. The predicted molar refractivity (Wildman–Crippen MR) is 70.1 cm³/mol. The van der Waals surface area contributed by atoms with Crippen LogP contribution in [0.25, 0.3) is 0 Å². The zero-order valence-electron chi connectivity index (χ0n) is 11.3. The van der Waals surface area contributed by atoms with Gasteiger partial charge in [0, 0.05) is 19.5 Å². The number of amides is 1. The van der Waals surface area contributed by atoms with E-state index in [-0.39, 0.29) is 32.2 Å². The summed E-state index contributed by atoms with van der Waals surface area (Å²) in [7, 11) is 0. The first-order valence-corrected chi connectivity index (χ1v) is 6.83. The molecular weight excluding hydrogens is 234 g/mol. The second-order valence-corrected chi connectivity index (χ2v) is 4.56. The molecule has 5 nitrogen and oxygen atoms in total. The van der Waals surface area contributed by atoms with Gasteiger partial charge in [0.15, 0.2) is 0 Å². The van der Waals surface area contributed by atoms with Gasteiger partial charge in [0.25, 0.3) is 0 Å². The zero-order valence-corrected chi connectivity index (χ0v) is 11.3. The number of carbonyl (C=O) groups is 1. The minimum Gasteiger partial charge on any atom is -0.395 e. The molecule has 0 aliphatic rings. The molecule has 0 unspecified atom stereocenters. The van der Waals surface area contributed by atoms with Crippen LogP contribution in [0.4, 0.5) is 0 Å². The van der Waals surface area contributed by atoms with Crippen molar-refractivity contribution in [2.45, 2.75) is 51.6 Å². The van der Waals surface area contributed by atoms with Crippen molar-refractivity contribution in [3.8, 4) is 0 Å². The Hall–Kier alpha value is -0.650. The molecule has 0 spiro atoms. The molecular formula is C13H27NO4. The van der Waals surface area contributed by atoms with Crippen molar-refractivity contribution in [2.75, 3.05) is 26.3 Å². The highest BCUT2D eigenvalue weighted by Gasteiger charge is 2.16. The van der Waals surface area contributed by atoms with Crippen LogP contribution in [0.2, 0.25) is 0 Å². The summed E-state index contributed by atoms with van der Waals surface area (Å²) < 4.78 is 0. The van der Waals surface area contributed by atoms with E-state index in [4.69, 9.17) is 10.2 Å². The molecule has 5 heteroatoms. The van der Waals surface area contributed by atoms with Gasteiger partial charge >= 0.3 is 0 Å². The number of aliphatic hydroxyl groups excluding tert-OH is 3. The second-order valence-electron chi connectivity index (χ2n) is 4.56. The number of hydrogen-bond acceptors (Lipinski definition) is 4. The molecule has 108 valence electrons. The average Bonchev–Trinajstić information content (AvgIpc) is 2.37. The Balaban J connectivity index is 3.90. The van der Waals surface area contributed by atoms with E-state index in [0.717, 1.165) is 19.3 Å². The van der Waals surface area contributed by atoms with Crippen molar-refractivity contribution >= 4 is 5.91 Å². The highest BCUT2D eigenvalue weighted by atomic mass is 16.3. The monoisotopic (exact) mass is 261 g/mol. The van der Waals surface area contributed by atoms with Crippen LogP contribution < -0.4 is 0 Å².